The number of Topliss-reactive ketones (excluding diaryl/α,β-unsaturated/α-hetero) is 1. The van der Waals surface area contributed by atoms with Crippen molar-refractivity contribution < 1.29 is 19.4 Å². The van der Waals surface area contributed by atoms with E-state index in [9.17, 15) is 14.7 Å². The molecule has 1 amide bonds. The second kappa shape index (κ2) is 10.0. The number of carbonyl (C=O) groups is 2. The number of halogens is 2. The monoisotopic (exact) mass is 474 g/mol. The number of carbonyl (C=O) groups excluding carboxylic acids is 2. The maximum Gasteiger partial charge on any atom is 0.295 e. The Hall–Kier alpha value is -2.38. The third-order valence-corrected chi connectivity index (χ3v) is 6.43. The van der Waals surface area contributed by atoms with E-state index >= 15 is 0 Å². The van der Waals surface area contributed by atoms with Crippen LogP contribution in [0.2, 0.25) is 10.0 Å². The second-order valence-electron chi connectivity index (χ2n) is 7.83. The van der Waals surface area contributed by atoms with E-state index in [-0.39, 0.29) is 11.3 Å². The first kappa shape index (κ1) is 22.8. The Bertz CT molecular complexity index is 1030. The standard InChI is InChI=1S/C24H24Cl2N2O4/c25-17-8-6-16(7-9-17)22(29)20-21(18-4-1-2-5-19(18)26)28(24(31)23(20)30)11-3-10-27-12-14-32-15-13-27/h1-2,4-9,21,29H,3,10-15H2/b22-20+/t21-/m1/s1. The number of benzene rings is 2. The van der Waals surface area contributed by atoms with Crippen molar-refractivity contribution in [3.8, 4) is 0 Å². The Balaban J connectivity index is 1.68. The molecule has 8 heteroatoms. The van der Waals surface area contributed by atoms with Crippen LogP contribution in [0.5, 0.6) is 0 Å². The zero-order valence-corrected chi connectivity index (χ0v) is 19.0. The molecule has 2 saturated heterocycles. The minimum absolute atomic E-state index is 0.0387. The van der Waals surface area contributed by atoms with Crippen LogP contribution in [0.25, 0.3) is 5.76 Å². The quantitative estimate of drug-likeness (QED) is 0.387. The maximum atomic E-state index is 13.1. The Kier molecular flexibility index (Phi) is 7.16. The van der Waals surface area contributed by atoms with Gasteiger partial charge in [0.15, 0.2) is 0 Å². The first-order valence-corrected chi connectivity index (χ1v) is 11.3. The Morgan fingerprint density at radius 1 is 1.00 bits per heavy atom. The summed E-state index contributed by atoms with van der Waals surface area (Å²) in [7, 11) is 0. The lowest BCUT2D eigenvalue weighted by Gasteiger charge is -2.29. The van der Waals surface area contributed by atoms with Crippen LogP contribution in [0, 0.1) is 0 Å². The molecule has 0 aromatic heterocycles. The van der Waals surface area contributed by atoms with Gasteiger partial charge in [-0.3, -0.25) is 14.5 Å². The Morgan fingerprint density at radius 2 is 1.69 bits per heavy atom. The van der Waals surface area contributed by atoms with Crippen molar-refractivity contribution in [1.82, 2.24) is 9.80 Å². The van der Waals surface area contributed by atoms with Gasteiger partial charge in [-0.1, -0.05) is 41.4 Å². The summed E-state index contributed by atoms with van der Waals surface area (Å²) < 4.78 is 5.38. The third-order valence-electron chi connectivity index (χ3n) is 5.83. The molecule has 6 nitrogen and oxygen atoms in total. The lowest BCUT2D eigenvalue weighted by atomic mass is 9.95. The van der Waals surface area contributed by atoms with Gasteiger partial charge in [-0.25, -0.2) is 0 Å². The number of hydrogen-bond donors (Lipinski definition) is 1. The van der Waals surface area contributed by atoms with E-state index in [0.29, 0.717) is 47.4 Å². The molecule has 2 aromatic carbocycles. The van der Waals surface area contributed by atoms with Crippen molar-refractivity contribution in [2.45, 2.75) is 12.5 Å². The van der Waals surface area contributed by atoms with Crippen LogP contribution in [-0.2, 0) is 14.3 Å². The van der Waals surface area contributed by atoms with Crippen molar-refractivity contribution in [2.24, 2.45) is 0 Å². The first-order chi connectivity index (χ1) is 15.5. The SMILES string of the molecule is O=C1C(=O)N(CCCN2CCOCC2)[C@H](c2ccccc2Cl)/C1=C(\O)c1ccc(Cl)cc1. The average molecular weight is 475 g/mol. The van der Waals surface area contributed by atoms with Crippen molar-refractivity contribution in [2.75, 3.05) is 39.4 Å². The van der Waals surface area contributed by atoms with Gasteiger partial charge in [0.05, 0.1) is 24.8 Å². The van der Waals surface area contributed by atoms with Crippen LogP contribution >= 0.6 is 23.2 Å². The number of morpholine rings is 1. The van der Waals surface area contributed by atoms with E-state index in [2.05, 4.69) is 4.90 Å². The van der Waals surface area contributed by atoms with Crippen molar-refractivity contribution in [3.63, 3.8) is 0 Å². The fraction of sp³-hybridized carbons (Fsp3) is 0.333. The molecule has 0 saturated carbocycles. The second-order valence-corrected chi connectivity index (χ2v) is 8.67. The summed E-state index contributed by atoms with van der Waals surface area (Å²) in [6.07, 6.45) is 0.689. The molecule has 0 radical (unpaired) electrons. The van der Waals surface area contributed by atoms with Gasteiger partial charge in [0.1, 0.15) is 5.76 Å². The molecule has 0 aliphatic carbocycles. The summed E-state index contributed by atoms with van der Waals surface area (Å²) in [4.78, 5) is 29.9. The molecule has 0 bridgehead atoms. The number of amides is 1. The number of rotatable bonds is 6. The van der Waals surface area contributed by atoms with Crippen LogP contribution in [0.3, 0.4) is 0 Å². The normalized spacial score (nSPS) is 21.3. The van der Waals surface area contributed by atoms with Crippen molar-refractivity contribution in [1.29, 1.82) is 0 Å². The van der Waals surface area contributed by atoms with Gasteiger partial charge in [0, 0.05) is 41.8 Å². The largest absolute Gasteiger partial charge is 0.507 e. The Labute approximate surface area is 197 Å². The van der Waals surface area contributed by atoms with Gasteiger partial charge < -0.3 is 14.7 Å². The predicted molar refractivity (Wildman–Crippen MR) is 124 cm³/mol. The molecule has 2 aromatic rings. The number of aliphatic hydroxyl groups excluding tert-OH is 1. The van der Waals surface area contributed by atoms with E-state index in [0.717, 1.165) is 19.6 Å². The van der Waals surface area contributed by atoms with Gasteiger partial charge >= 0.3 is 0 Å². The van der Waals surface area contributed by atoms with Gasteiger partial charge in [0.25, 0.3) is 11.7 Å². The lowest BCUT2D eigenvalue weighted by molar-refractivity contribution is -0.140. The summed E-state index contributed by atoms with van der Waals surface area (Å²) in [5.41, 5.74) is 1.06. The summed E-state index contributed by atoms with van der Waals surface area (Å²) in [5, 5.41) is 12.0. The highest BCUT2D eigenvalue weighted by Crippen LogP contribution is 2.41. The minimum Gasteiger partial charge on any atom is -0.507 e. The summed E-state index contributed by atoms with van der Waals surface area (Å²) in [5.74, 6) is -1.58. The molecule has 1 N–H and O–H groups in total. The van der Waals surface area contributed by atoms with Crippen LogP contribution < -0.4 is 0 Å². The fourth-order valence-electron chi connectivity index (χ4n) is 4.18. The zero-order chi connectivity index (χ0) is 22.7. The van der Waals surface area contributed by atoms with Gasteiger partial charge in [-0.05, 0) is 42.3 Å². The molecule has 0 spiro atoms. The van der Waals surface area contributed by atoms with E-state index in [1.165, 1.54) is 4.90 Å². The smallest absolute Gasteiger partial charge is 0.295 e. The number of ketones is 1. The molecule has 168 valence electrons. The van der Waals surface area contributed by atoms with E-state index in [1.54, 1.807) is 48.5 Å². The molecule has 0 unspecified atom stereocenters. The number of ether oxygens (including phenoxy) is 1. The molecule has 32 heavy (non-hydrogen) atoms. The maximum absolute atomic E-state index is 13.1. The van der Waals surface area contributed by atoms with E-state index < -0.39 is 17.7 Å². The number of likely N-dealkylation sites (tertiary alicyclic amines) is 1. The third kappa shape index (κ3) is 4.69. The molecular formula is C24H24Cl2N2O4. The number of aliphatic hydroxyl groups is 1. The fourth-order valence-corrected chi connectivity index (χ4v) is 4.55. The average Bonchev–Trinajstić information content (AvgIpc) is 3.05. The van der Waals surface area contributed by atoms with Crippen molar-refractivity contribution in [3.05, 3.63) is 75.3 Å². The van der Waals surface area contributed by atoms with Crippen LogP contribution in [0.15, 0.2) is 54.1 Å². The topological polar surface area (TPSA) is 70.1 Å². The van der Waals surface area contributed by atoms with Crippen LogP contribution in [0.4, 0.5) is 0 Å². The Morgan fingerprint density at radius 3 is 2.38 bits per heavy atom. The van der Waals surface area contributed by atoms with E-state index in [4.69, 9.17) is 27.9 Å². The summed E-state index contributed by atoms with van der Waals surface area (Å²) in [6.45, 7) is 4.26. The van der Waals surface area contributed by atoms with Crippen molar-refractivity contribution >= 4 is 40.7 Å². The summed E-state index contributed by atoms with van der Waals surface area (Å²) >= 11 is 12.4. The first-order valence-electron chi connectivity index (χ1n) is 10.6. The van der Waals surface area contributed by atoms with Gasteiger partial charge in [-0.2, -0.15) is 0 Å². The molecule has 2 heterocycles. The molecule has 2 aliphatic rings. The highest BCUT2D eigenvalue weighted by molar-refractivity contribution is 6.47. The van der Waals surface area contributed by atoms with Gasteiger partial charge in [-0.15, -0.1) is 0 Å². The van der Waals surface area contributed by atoms with Crippen LogP contribution in [-0.4, -0.2) is 66.0 Å². The molecule has 2 aliphatic heterocycles. The highest BCUT2D eigenvalue weighted by atomic mass is 35.5. The molecule has 2 fully saturated rings. The number of nitrogens with zero attached hydrogens (tertiary/aromatic N) is 2. The molecular weight excluding hydrogens is 451 g/mol. The molecule has 4 rings (SSSR count). The lowest BCUT2D eigenvalue weighted by Crippen LogP contribution is -2.39. The minimum atomic E-state index is -0.760. The number of hydrogen-bond acceptors (Lipinski definition) is 5. The summed E-state index contributed by atoms with van der Waals surface area (Å²) in [6, 6.07) is 12.8. The zero-order valence-electron chi connectivity index (χ0n) is 17.5. The highest BCUT2D eigenvalue weighted by Gasteiger charge is 2.46. The van der Waals surface area contributed by atoms with Crippen LogP contribution in [0.1, 0.15) is 23.6 Å². The molecule has 1 atom stereocenters. The predicted octanol–water partition coefficient (Wildman–Crippen LogP) is 4.14. The van der Waals surface area contributed by atoms with Gasteiger partial charge in [0.2, 0.25) is 0 Å². The van der Waals surface area contributed by atoms with E-state index in [1.807, 2.05) is 0 Å².